The van der Waals surface area contributed by atoms with E-state index in [-0.39, 0.29) is 12.8 Å². The summed E-state index contributed by atoms with van der Waals surface area (Å²) in [4.78, 5) is 2.00. The molecule has 1 saturated heterocycles. The first-order valence-electron chi connectivity index (χ1n) is 6.56. The molecule has 0 unspecified atom stereocenters. The summed E-state index contributed by atoms with van der Waals surface area (Å²) >= 11 is 0. The van der Waals surface area contributed by atoms with Gasteiger partial charge in [0.05, 0.1) is 12.8 Å². The van der Waals surface area contributed by atoms with Crippen LogP contribution in [0.15, 0.2) is 12.1 Å². The number of piperidine rings is 1. The summed E-state index contributed by atoms with van der Waals surface area (Å²) in [6.45, 7) is 2.77. The lowest BCUT2D eigenvalue weighted by atomic mass is 10.0. The van der Waals surface area contributed by atoms with E-state index in [0.717, 1.165) is 17.7 Å². The zero-order valence-electron chi connectivity index (χ0n) is 11.4. The van der Waals surface area contributed by atoms with E-state index in [9.17, 15) is 8.78 Å². The minimum atomic E-state index is -2.53. The number of benzene rings is 1. The van der Waals surface area contributed by atoms with Gasteiger partial charge in [-0.1, -0.05) is 6.92 Å². The molecule has 0 aliphatic carbocycles. The molecule has 5 heteroatoms. The number of hydrogen-bond acceptors (Lipinski definition) is 3. The number of methoxy groups -OCH3 is 1. The molecule has 2 rings (SSSR count). The second-order valence-electron chi connectivity index (χ2n) is 4.92. The Bertz CT molecular complexity index is 453. The van der Waals surface area contributed by atoms with Crippen molar-refractivity contribution in [3.8, 4) is 5.75 Å². The number of halogens is 2. The van der Waals surface area contributed by atoms with Crippen molar-refractivity contribution in [1.29, 1.82) is 0 Å². The summed E-state index contributed by atoms with van der Waals surface area (Å²) in [7, 11) is 1.56. The van der Waals surface area contributed by atoms with Crippen LogP contribution in [-0.4, -0.2) is 26.1 Å². The fourth-order valence-electron chi connectivity index (χ4n) is 2.46. The van der Waals surface area contributed by atoms with Gasteiger partial charge in [-0.25, -0.2) is 8.78 Å². The van der Waals surface area contributed by atoms with E-state index in [1.807, 2.05) is 24.0 Å². The summed E-state index contributed by atoms with van der Waals surface area (Å²) < 4.78 is 31.6. The molecule has 1 fully saturated rings. The van der Waals surface area contributed by atoms with Crippen molar-refractivity contribution >= 4 is 11.4 Å². The average Bonchev–Trinajstić information content (AvgIpc) is 2.38. The van der Waals surface area contributed by atoms with Gasteiger partial charge in [-0.2, -0.15) is 0 Å². The van der Waals surface area contributed by atoms with Crippen LogP contribution in [0.1, 0.15) is 25.3 Å². The van der Waals surface area contributed by atoms with Crippen LogP contribution < -0.4 is 15.4 Å². The van der Waals surface area contributed by atoms with Crippen molar-refractivity contribution in [2.45, 2.75) is 32.1 Å². The second kappa shape index (κ2) is 5.23. The maximum atomic E-state index is 13.2. The molecule has 0 atom stereocenters. The van der Waals surface area contributed by atoms with Gasteiger partial charge in [0.2, 0.25) is 0 Å². The Labute approximate surface area is 112 Å². The molecule has 2 N–H and O–H groups in total. The summed E-state index contributed by atoms with van der Waals surface area (Å²) in [5.41, 5.74) is 8.51. The highest BCUT2D eigenvalue weighted by Crippen LogP contribution is 2.36. The molecule has 1 aromatic rings. The Kier molecular flexibility index (Phi) is 3.83. The van der Waals surface area contributed by atoms with Gasteiger partial charge >= 0.3 is 0 Å². The number of ether oxygens (including phenoxy) is 1. The molecule has 1 aliphatic rings. The number of aryl methyl sites for hydroxylation is 1. The molecule has 1 heterocycles. The Balaban J connectivity index is 2.28. The normalized spacial score (nSPS) is 18.4. The van der Waals surface area contributed by atoms with E-state index in [1.165, 1.54) is 0 Å². The number of rotatable bonds is 3. The minimum Gasteiger partial charge on any atom is -0.495 e. The Hall–Kier alpha value is -1.52. The third kappa shape index (κ3) is 2.91. The van der Waals surface area contributed by atoms with E-state index >= 15 is 0 Å². The van der Waals surface area contributed by atoms with Gasteiger partial charge in [-0.05, 0) is 18.1 Å². The molecule has 106 valence electrons. The van der Waals surface area contributed by atoms with Gasteiger partial charge < -0.3 is 15.4 Å². The lowest BCUT2D eigenvalue weighted by Crippen LogP contribution is -2.39. The van der Waals surface area contributed by atoms with Crippen LogP contribution in [0.5, 0.6) is 5.75 Å². The van der Waals surface area contributed by atoms with Crippen molar-refractivity contribution in [3.05, 3.63) is 17.7 Å². The zero-order valence-corrected chi connectivity index (χ0v) is 11.4. The zero-order chi connectivity index (χ0) is 14.0. The largest absolute Gasteiger partial charge is 0.495 e. The van der Waals surface area contributed by atoms with Crippen LogP contribution in [0.2, 0.25) is 0 Å². The second-order valence-corrected chi connectivity index (χ2v) is 4.92. The van der Waals surface area contributed by atoms with E-state index < -0.39 is 5.92 Å². The Morgan fingerprint density at radius 3 is 2.47 bits per heavy atom. The lowest BCUT2D eigenvalue weighted by molar-refractivity contribution is -0.0220. The molecule has 0 saturated carbocycles. The molecule has 0 aromatic heterocycles. The fraction of sp³-hybridized carbons (Fsp3) is 0.571. The van der Waals surface area contributed by atoms with Crippen LogP contribution in [0.4, 0.5) is 20.2 Å². The minimum absolute atomic E-state index is 0.0944. The molecule has 1 aromatic carbocycles. The summed E-state index contributed by atoms with van der Waals surface area (Å²) in [5.74, 6) is -1.93. The van der Waals surface area contributed by atoms with Crippen molar-refractivity contribution < 1.29 is 13.5 Å². The molecular formula is C14H20F2N2O. The molecule has 0 radical (unpaired) electrons. The van der Waals surface area contributed by atoms with Crippen LogP contribution in [0, 0.1) is 0 Å². The van der Waals surface area contributed by atoms with Gasteiger partial charge in [0.25, 0.3) is 5.92 Å². The summed E-state index contributed by atoms with van der Waals surface area (Å²) in [6, 6.07) is 3.73. The highest BCUT2D eigenvalue weighted by atomic mass is 19.3. The number of anilines is 2. The molecule has 3 nitrogen and oxygen atoms in total. The van der Waals surface area contributed by atoms with Gasteiger partial charge in [0, 0.05) is 37.7 Å². The van der Waals surface area contributed by atoms with Gasteiger partial charge in [0.15, 0.2) is 0 Å². The predicted octanol–water partition coefficient (Wildman–Crippen LogP) is 3.08. The topological polar surface area (TPSA) is 38.5 Å². The van der Waals surface area contributed by atoms with Crippen LogP contribution in [-0.2, 0) is 6.42 Å². The monoisotopic (exact) mass is 270 g/mol. The van der Waals surface area contributed by atoms with Crippen molar-refractivity contribution in [2.75, 3.05) is 30.8 Å². The van der Waals surface area contributed by atoms with Crippen LogP contribution in [0.3, 0.4) is 0 Å². The number of nitrogens with zero attached hydrogens (tertiary/aromatic N) is 1. The Morgan fingerprint density at radius 2 is 1.95 bits per heavy atom. The quantitative estimate of drug-likeness (QED) is 0.858. The van der Waals surface area contributed by atoms with E-state index in [2.05, 4.69) is 0 Å². The average molecular weight is 270 g/mol. The Morgan fingerprint density at radius 1 is 1.32 bits per heavy atom. The van der Waals surface area contributed by atoms with Crippen LogP contribution in [0.25, 0.3) is 0 Å². The van der Waals surface area contributed by atoms with E-state index in [1.54, 1.807) is 7.11 Å². The third-order valence-electron chi connectivity index (χ3n) is 3.65. The predicted molar refractivity (Wildman–Crippen MR) is 73.2 cm³/mol. The molecule has 0 spiro atoms. The number of nitrogen functional groups attached to an aromatic ring is 1. The van der Waals surface area contributed by atoms with Crippen molar-refractivity contribution in [3.63, 3.8) is 0 Å². The number of nitrogens with two attached hydrogens (primary N) is 1. The van der Waals surface area contributed by atoms with E-state index in [0.29, 0.717) is 24.5 Å². The maximum Gasteiger partial charge on any atom is 0.251 e. The van der Waals surface area contributed by atoms with E-state index in [4.69, 9.17) is 10.5 Å². The van der Waals surface area contributed by atoms with Gasteiger partial charge in [-0.3, -0.25) is 0 Å². The molecule has 0 amide bonds. The highest BCUT2D eigenvalue weighted by molar-refractivity contribution is 5.67. The lowest BCUT2D eigenvalue weighted by Gasteiger charge is -2.34. The number of hydrogen-bond donors (Lipinski definition) is 1. The van der Waals surface area contributed by atoms with Gasteiger partial charge in [-0.15, -0.1) is 0 Å². The molecular weight excluding hydrogens is 250 g/mol. The van der Waals surface area contributed by atoms with Gasteiger partial charge in [0.1, 0.15) is 5.75 Å². The fourth-order valence-corrected chi connectivity index (χ4v) is 2.46. The summed E-state index contributed by atoms with van der Waals surface area (Å²) in [5, 5.41) is 0. The maximum absolute atomic E-state index is 13.2. The SMILES string of the molecule is CCc1cc(N)c(OC)cc1N1CCC(F)(F)CC1. The smallest absolute Gasteiger partial charge is 0.251 e. The highest BCUT2D eigenvalue weighted by Gasteiger charge is 2.34. The molecule has 0 bridgehead atoms. The number of alkyl halides is 2. The van der Waals surface area contributed by atoms with Crippen molar-refractivity contribution in [2.24, 2.45) is 0 Å². The summed E-state index contributed by atoms with van der Waals surface area (Å²) in [6.07, 6.45) is 0.627. The molecule has 1 aliphatic heterocycles. The third-order valence-corrected chi connectivity index (χ3v) is 3.65. The van der Waals surface area contributed by atoms with Crippen molar-refractivity contribution in [1.82, 2.24) is 0 Å². The first kappa shape index (κ1) is 13.9. The standard InChI is InChI=1S/C14H20F2N2O/c1-3-10-8-11(17)13(19-2)9-12(10)18-6-4-14(15,16)5-7-18/h8-9H,3-7,17H2,1-2H3. The molecule has 19 heavy (non-hydrogen) atoms. The first-order chi connectivity index (χ1) is 8.96. The van der Waals surface area contributed by atoms with Crippen LogP contribution >= 0.6 is 0 Å². The first-order valence-corrected chi connectivity index (χ1v) is 6.56.